The summed E-state index contributed by atoms with van der Waals surface area (Å²) in [6.45, 7) is 4.37. The lowest BCUT2D eigenvalue weighted by Gasteiger charge is -2.37. The Balaban J connectivity index is 2.00. The number of carbonyl (C=O) groups excluding carboxylic acids is 1. The first-order valence-electron chi connectivity index (χ1n) is 8.71. The van der Waals surface area contributed by atoms with Gasteiger partial charge in [-0.1, -0.05) is 43.3 Å². The van der Waals surface area contributed by atoms with Crippen LogP contribution in [0.1, 0.15) is 57.9 Å². The average molecular weight is 316 g/mol. The van der Waals surface area contributed by atoms with Crippen LogP contribution in [0.5, 0.6) is 0 Å². The van der Waals surface area contributed by atoms with Gasteiger partial charge in [0, 0.05) is 6.42 Å². The van der Waals surface area contributed by atoms with Crippen molar-refractivity contribution in [2.24, 2.45) is 5.92 Å². The predicted octanol–water partition coefficient (Wildman–Crippen LogP) is 4.35. The summed E-state index contributed by atoms with van der Waals surface area (Å²) in [7, 11) is 0. The summed E-state index contributed by atoms with van der Waals surface area (Å²) in [6.07, 6.45) is 6.64. The van der Waals surface area contributed by atoms with Crippen molar-refractivity contribution in [1.29, 1.82) is 0 Å². The van der Waals surface area contributed by atoms with E-state index in [1.54, 1.807) is 0 Å². The van der Waals surface area contributed by atoms with Crippen LogP contribution in [-0.2, 0) is 9.53 Å². The summed E-state index contributed by atoms with van der Waals surface area (Å²) < 4.78 is 5.03. The van der Waals surface area contributed by atoms with Gasteiger partial charge in [-0.25, -0.2) is 0 Å². The minimum atomic E-state index is -0.726. The Labute approximate surface area is 139 Å². The van der Waals surface area contributed by atoms with Crippen molar-refractivity contribution in [3.05, 3.63) is 41.5 Å². The van der Waals surface area contributed by atoms with Crippen LogP contribution < -0.4 is 0 Å². The second kappa shape index (κ2) is 8.30. The highest BCUT2D eigenvalue weighted by Gasteiger charge is 2.36. The first-order chi connectivity index (χ1) is 11.1. The predicted molar refractivity (Wildman–Crippen MR) is 92.9 cm³/mol. The Hall–Kier alpha value is -1.61. The molecule has 0 aliphatic heterocycles. The van der Waals surface area contributed by atoms with Crippen molar-refractivity contribution < 1.29 is 14.6 Å². The van der Waals surface area contributed by atoms with Gasteiger partial charge in [0.25, 0.3) is 0 Å². The standard InChI is InChI=1S/C20H28O3/c1-3-18(14-16-8-6-5-7-9-16)20(22)12-10-17(11-13-20)15-19(21)23-4-2/h5-9,14,17,22H,3-4,10-13,15H2,1-2H3/b18-14+. The molecule has 0 atom stereocenters. The molecule has 1 aliphatic carbocycles. The molecule has 0 saturated heterocycles. The molecule has 1 aromatic carbocycles. The van der Waals surface area contributed by atoms with Gasteiger partial charge < -0.3 is 9.84 Å². The number of hydrogen-bond acceptors (Lipinski definition) is 3. The van der Waals surface area contributed by atoms with E-state index in [0.717, 1.165) is 43.2 Å². The van der Waals surface area contributed by atoms with Gasteiger partial charge in [0.2, 0.25) is 0 Å². The lowest BCUT2D eigenvalue weighted by molar-refractivity contribution is -0.144. The third-order valence-corrected chi connectivity index (χ3v) is 4.81. The molecule has 1 aliphatic rings. The molecule has 0 spiro atoms. The zero-order valence-corrected chi connectivity index (χ0v) is 14.3. The Morgan fingerprint density at radius 2 is 1.91 bits per heavy atom. The monoisotopic (exact) mass is 316 g/mol. The van der Waals surface area contributed by atoms with E-state index in [1.807, 2.05) is 25.1 Å². The van der Waals surface area contributed by atoms with Gasteiger partial charge in [-0.3, -0.25) is 4.79 Å². The maximum absolute atomic E-state index is 11.6. The van der Waals surface area contributed by atoms with Crippen molar-refractivity contribution in [3.63, 3.8) is 0 Å². The van der Waals surface area contributed by atoms with Gasteiger partial charge in [0.1, 0.15) is 0 Å². The maximum Gasteiger partial charge on any atom is 0.306 e. The Kier molecular flexibility index (Phi) is 6.40. The SMILES string of the molecule is CCOC(=O)CC1CCC(O)(/C(=C/c2ccccc2)CC)CC1. The number of ether oxygens (including phenoxy) is 1. The van der Waals surface area contributed by atoms with Gasteiger partial charge in [-0.15, -0.1) is 0 Å². The molecule has 0 aromatic heterocycles. The maximum atomic E-state index is 11.6. The quantitative estimate of drug-likeness (QED) is 0.793. The van der Waals surface area contributed by atoms with E-state index in [1.165, 1.54) is 0 Å². The van der Waals surface area contributed by atoms with Crippen LogP contribution in [0.4, 0.5) is 0 Å². The summed E-state index contributed by atoms with van der Waals surface area (Å²) in [4.78, 5) is 11.6. The fraction of sp³-hybridized carbons (Fsp3) is 0.550. The number of hydrogen-bond donors (Lipinski definition) is 1. The molecule has 126 valence electrons. The smallest absolute Gasteiger partial charge is 0.306 e. The molecule has 3 heteroatoms. The largest absolute Gasteiger partial charge is 0.466 e. The van der Waals surface area contributed by atoms with Gasteiger partial charge >= 0.3 is 5.97 Å². The van der Waals surface area contributed by atoms with Crippen molar-refractivity contribution >= 4 is 12.0 Å². The molecule has 0 radical (unpaired) electrons. The molecule has 1 N–H and O–H groups in total. The number of benzene rings is 1. The van der Waals surface area contributed by atoms with E-state index >= 15 is 0 Å². The highest BCUT2D eigenvalue weighted by Crippen LogP contribution is 2.40. The molecule has 1 saturated carbocycles. The molecule has 0 heterocycles. The van der Waals surface area contributed by atoms with Crippen LogP contribution >= 0.6 is 0 Å². The summed E-state index contributed by atoms with van der Waals surface area (Å²) in [5.41, 5.74) is 1.50. The lowest BCUT2D eigenvalue weighted by Crippen LogP contribution is -2.36. The fourth-order valence-electron chi connectivity index (χ4n) is 3.45. The van der Waals surface area contributed by atoms with E-state index < -0.39 is 5.60 Å². The molecular weight excluding hydrogens is 288 g/mol. The number of carbonyl (C=O) groups is 1. The Morgan fingerprint density at radius 1 is 1.26 bits per heavy atom. The first kappa shape index (κ1) is 17.7. The number of rotatable bonds is 6. The van der Waals surface area contributed by atoms with Crippen LogP contribution in [0.15, 0.2) is 35.9 Å². The molecule has 0 unspecified atom stereocenters. The van der Waals surface area contributed by atoms with Crippen molar-refractivity contribution in [2.75, 3.05) is 6.61 Å². The number of esters is 1. The summed E-state index contributed by atoms with van der Waals surface area (Å²) in [6, 6.07) is 10.1. The van der Waals surface area contributed by atoms with Crippen LogP contribution in [0.2, 0.25) is 0 Å². The number of aliphatic hydroxyl groups is 1. The highest BCUT2D eigenvalue weighted by atomic mass is 16.5. The van der Waals surface area contributed by atoms with Gasteiger partial charge in [-0.05, 0) is 56.1 Å². The normalized spacial score (nSPS) is 25.2. The van der Waals surface area contributed by atoms with Crippen LogP contribution in [-0.4, -0.2) is 23.3 Å². The van der Waals surface area contributed by atoms with E-state index in [-0.39, 0.29) is 5.97 Å². The molecule has 23 heavy (non-hydrogen) atoms. The molecular formula is C20H28O3. The van der Waals surface area contributed by atoms with Crippen LogP contribution in [0.25, 0.3) is 6.08 Å². The van der Waals surface area contributed by atoms with E-state index in [2.05, 4.69) is 25.1 Å². The molecule has 1 fully saturated rings. The third-order valence-electron chi connectivity index (χ3n) is 4.81. The summed E-state index contributed by atoms with van der Waals surface area (Å²) in [5.74, 6) is 0.225. The van der Waals surface area contributed by atoms with Crippen molar-refractivity contribution in [1.82, 2.24) is 0 Å². The van der Waals surface area contributed by atoms with Crippen LogP contribution in [0.3, 0.4) is 0 Å². The Bertz CT molecular complexity index is 525. The van der Waals surface area contributed by atoms with Crippen LogP contribution in [0, 0.1) is 5.92 Å². The summed E-state index contributed by atoms with van der Waals surface area (Å²) in [5, 5.41) is 11.1. The minimum Gasteiger partial charge on any atom is -0.466 e. The van der Waals surface area contributed by atoms with Crippen molar-refractivity contribution in [3.8, 4) is 0 Å². The van der Waals surface area contributed by atoms with E-state index in [4.69, 9.17) is 4.74 Å². The van der Waals surface area contributed by atoms with E-state index in [9.17, 15) is 9.90 Å². The summed E-state index contributed by atoms with van der Waals surface area (Å²) >= 11 is 0. The third kappa shape index (κ3) is 4.93. The molecule has 3 nitrogen and oxygen atoms in total. The average Bonchev–Trinajstić information content (AvgIpc) is 2.56. The zero-order chi connectivity index (χ0) is 16.7. The first-order valence-corrected chi connectivity index (χ1v) is 8.71. The zero-order valence-electron chi connectivity index (χ0n) is 14.3. The lowest BCUT2D eigenvalue weighted by atomic mass is 9.73. The highest BCUT2D eigenvalue weighted by molar-refractivity contribution is 5.69. The topological polar surface area (TPSA) is 46.5 Å². The molecule has 2 rings (SSSR count). The fourth-order valence-corrected chi connectivity index (χ4v) is 3.45. The molecule has 0 bridgehead atoms. The molecule has 1 aromatic rings. The Morgan fingerprint density at radius 3 is 2.48 bits per heavy atom. The van der Waals surface area contributed by atoms with Gasteiger partial charge in [-0.2, -0.15) is 0 Å². The van der Waals surface area contributed by atoms with Crippen molar-refractivity contribution in [2.45, 2.75) is 58.0 Å². The minimum absolute atomic E-state index is 0.113. The second-order valence-corrected chi connectivity index (χ2v) is 6.42. The van der Waals surface area contributed by atoms with E-state index in [0.29, 0.717) is 18.9 Å². The van der Waals surface area contributed by atoms with Gasteiger partial charge in [0.05, 0.1) is 12.2 Å². The molecule has 0 amide bonds. The van der Waals surface area contributed by atoms with Gasteiger partial charge in [0.15, 0.2) is 0 Å². The second-order valence-electron chi connectivity index (χ2n) is 6.42.